The lowest BCUT2D eigenvalue weighted by Gasteiger charge is -2.34. The number of aliphatic carboxylic acids is 1. The maximum absolute atomic E-state index is 12.4. The summed E-state index contributed by atoms with van der Waals surface area (Å²) < 4.78 is 10.1. The number of carboxylic acid groups (broad SMARTS) is 1. The molecule has 1 aromatic rings. The summed E-state index contributed by atoms with van der Waals surface area (Å²) in [5.74, 6) is -2.08. The molecular weight excluding hydrogens is 340 g/mol. The molecule has 0 fully saturated rings. The molecule has 0 spiro atoms. The minimum absolute atomic E-state index is 0.0335. The van der Waals surface area contributed by atoms with Gasteiger partial charge in [0.25, 0.3) is 5.91 Å². The van der Waals surface area contributed by atoms with Crippen LogP contribution in [0.15, 0.2) is 30.3 Å². The Bertz CT molecular complexity index is 641. The van der Waals surface area contributed by atoms with Crippen LogP contribution in [-0.2, 0) is 25.7 Å². The SMILES string of the molecule is COC(C(=O)NC(C)(C)C)C(C)(NC(=O)OCc1ccccc1)C(=O)O. The summed E-state index contributed by atoms with van der Waals surface area (Å²) in [6.45, 7) is 6.40. The van der Waals surface area contributed by atoms with Crippen LogP contribution in [0.1, 0.15) is 33.3 Å². The molecule has 26 heavy (non-hydrogen) atoms. The summed E-state index contributed by atoms with van der Waals surface area (Å²) >= 11 is 0. The molecular formula is C18H26N2O6. The molecule has 0 aliphatic carbocycles. The third kappa shape index (κ3) is 6.03. The molecule has 0 aliphatic heterocycles. The predicted octanol–water partition coefficient (Wildman–Crippen LogP) is 1.69. The van der Waals surface area contributed by atoms with Crippen LogP contribution in [0.4, 0.5) is 4.79 Å². The van der Waals surface area contributed by atoms with E-state index in [-0.39, 0.29) is 6.61 Å². The van der Waals surface area contributed by atoms with Crippen LogP contribution in [0.5, 0.6) is 0 Å². The van der Waals surface area contributed by atoms with Crippen LogP contribution in [0.2, 0.25) is 0 Å². The van der Waals surface area contributed by atoms with E-state index < -0.39 is 35.2 Å². The minimum Gasteiger partial charge on any atom is -0.479 e. The van der Waals surface area contributed by atoms with Crippen molar-refractivity contribution in [2.24, 2.45) is 0 Å². The monoisotopic (exact) mass is 366 g/mol. The molecule has 0 saturated carbocycles. The van der Waals surface area contributed by atoms with Crippen molar-refractivity contribution in [1.29, 1.82) is 0 Å². The average molecular weight is 366 g/mol. The quantitative estimate of drug-likeness (QED) is 0.677. The first-order valence-electron chi connectivity index (χ1n) is 8.06. The Morgan fingerprint density at radius 2 is 1.65 bits per heavy atom. The highest BCUT2D eigenvalue weighted by molar-refractivity contribution is 5.94. The second kappa shape index (κ2) is 8.66. The number of hydrogen-bond donors (Lipinski definition) is 3. The van der Waals surface area contributed by atoms with Gasteiger partial charge in [0, 0.05) is 12.6 Å². The van der Waals surface area contributed by atoms with Gasteiger partial charge in [0.2, 0.25) is 0 Å². The maximum atomic E-state index is 12.4. The summed E-state index contributed by atoms with van der Waals surface area (Å²) in [5.41, 5.74) is -1.87. The Morgan fingerprint density at radius 3 is 2.12 bits per heavy atom. The molecule has 8 heteroatoms. The zero-order chi connectivity index (χ0) is 20.0. The molecule has 2 amide bonds. The Morgan fingerprint density at radius 1 is 1.08 bits per heavy atom. The molecule has 1 aromatic carbocycles. The number of ether oxygens (including phenoxy) is 2. The maximum Gasteiger partial charge on any atom is 0.408 e. The molecule has 144 valence electrons. The van der Waals surface area contributed by atoms with Gasteiger partial charge in [-0.05, 0) is 33.3 Å². The molecule has 0 bridgehead atoms. The Hall–Kier alpha value is -2.61. The predicted molar refractivity (Wildman–Crippen MR) is 94.5 cm³/mol. The topological polar surface area (TPSA) is 114 Å². The lowest BCUT2D eigenvalue weighted by Crippen LogP contribution is -2.65. The van der Waals surface area contributed by atoms with Crippen molar-refractivity contribution in [1.82, 2.24) is 10.6 Å². The zero-order valence-electron chi connectivity index (χ0n) is 15.7. The summed E-state index contributed by atoms with van der Waals surface area (Å²) in [7, 11) is 1.20. The highest BCUT2D eigenvalue weighted by atomic mass is 16.6. The van der Waals surface area contributed by atoms with Crippen LogP contribution in [0, 0.1) is 0 Å². The second-order valence-corrected chi connectivity index (χ2v) is 7.05. The summed E-state index contributed by atoms with van der Waals surface area (Å²) in [5, 5.41) is 14.5. The number of benzene rings is 1. The molecule has 1 rings (SSSR count). The van der Waals surface area contributed by atoms with Crippen molar-refractivity contribution in [3.05, 3.63) is 35.9 Å². The standard InChI is InChI=1S/C18H26N2O6/c1-17(2,3)19-14(21)13(25-5)18(4,15(22)23)20-16(24)26-11-12-9-7-6-8-10-12/h6-10,13H,11H2,1-5H3,(H,19,21)(H,20,24)(H,22,23). The molecule has 8 nitrogen and oxygen atoms in total. The first-order chi connectivity index (χ1) is 12.0. The van der Waals surface area contributed by atoms with E-state index in [9.17, 15) is 19.5 Å². The van der Waals surface area contributed by atoms with Crippen LogP contribution < -0.4 is 10.6 Å². The minimum atomic E-state index is -2.02. The molecule has 0 saturated heterocycles. The van der Waals surface area contributed by atoms with Crippen LogP contribution in [-0.4, -0.2) is 47.4 Å². The first-order valence-corrected chi connectivity index (χ1v) is 8.06. The summed E-state index contributed by atoms with van der Waals surface area (Å²) in [6, 6.07) is 8.92. The van der Waals surface area contributed by atoms with Crippen molar-refractivity contribution in [3.8, 4) is 0 Å². The van der Waals surface area contributed by atoms with Crippen LogP contribution in [0.25, 0.3) is 0 Å². The van der Waals surface area contributed by atoms with E-state index in [2.05, 4.69) is 10.6 Å². The van der Waals surface area contributed by atoms with Gasteiger partial charge >= 0.3 is 12.1 Å². The number of alkyl carbamates (subject to hydrolysis) is 1. The third-order valence-corrected chi connectivity index (χ3v) is 3.52. The number of carboxylic acids is 1. The number of amides is 2. The van der Waals surface area contributed by atoms with E-state index >= 15 is 0 Å². The van der Waals surface area contributed by atoms with Crippen molar-refractivity contribution >= 4 is 18.0 Å². The average Bonchev–Trinajstić information content (AvgIpc) is 2.52. The third-order valence-electron chi connectivity index (χ3n) is 3.52. The van der Waals surface area contributed by atoms with Gasteiger partial charge in [-0.25, -0.2) is 9.59 Å². The normalized spacial score (nSPS) is 14.7. The highest BCUT2D eigenvalue weighted by Crippen LogP contribution is 2.16. The van der Waals surface area contributed by atoms with E-state index in [1.807, 2.05) is 6.07 Å². The van der Waals surface area contributed by atoms with Crippen LogP contribution in [0.3, 0.4) is 0 Å². The molecule has 0 heterocycles. The molecule has 0 aliphatic rings. The van der Waals surface area contributed by atoms with E-state index in [0.29, 0.717) is 0 Å². The van der Waals surface area contributed by atoms with Gasteiger partial charge in [0.05, 0.1) is 0 Å². The Kier molecular flexibility index (Phi) is 7.14. The van der Waals surface area contributed by atoms with E-state index in [1.165, 1.54) is 14.0 Å². The fraction of sp³-hybridized carbons (Fsp3) is 0.500. The lowest BCUT2D eigenvalue weighted by molar-refractivity contribution is -0.156. The summed E-state index contributed by atoms with van der Waals surface area (Å²) in [6.07, 6.45) is -2.42. The van der Waals surface area contributed by atoms with Gasteiger partial charge in [0.1, 0.15) is 6.61 Å². The number of carbonyl (C=O) groups excluding carboxylic acids is 2. The molecule has 2 atom stereocenters. The van der Waals surface area contributed by atoms with Crippen LogP contribution >= 0.6 is 0 Å². The van der Waals surface area contributed by atoms with Gasteiger partial charge in [-0.15, -0.1) is 0 Å². The summed E-state index contributed by atoms with van der Waals surface area (Å²) in [4.78, 5) is 36.3. The Labute approximate surface area is 152 Å². The molecule has 0 aromatic heterocycles. The number of carbonyl (C=O) groups is 3. The molecule has 2 unspecified atom stereocenters. The number of hydrogen-bond acceptors (Lipinski definition) is 5. The number of rotatable bonds is 7. The van der Waals surface area contributed by atoms with Crippen molar-refractivity contribution in [2.75, 3.05) is 7.11 Å². The largest absolute Gasteiger partial charge is 0.479 e. The fourth-order valence-corrected chi connectivity index (χ4v) is 2.24. The number of nitrogens with one attached hydrogen (secondary N) is 2. The lowest BCUT2D eigenvalue weighted by atomic mass is 9.93. The van der Waals surface area contributed by atoms with E-state index in [4.69, 9.17) is 9.47 Å². The van der Waals surface area contributed by atoms with Crippen molar-refractivity contribution in [2.45, 2.75) is 51.5 Å². The smallest absolute Gasteiger partial charge is 0.408 e. The van der Waals surface area contributed by atoms with Gasteiger partial charge in [-0.3, -0.25) is 4.79 Å². The van der Waals surface area contributed by atoms with E-state index in [1.54, 1.807) is 45.0 Å². The molecule has 0 radical (unpaired) electrons. The van der Waals surface area contributed by atoms with Crippen molar-refractivity contribution < 1.29 is 29.0 Å². The van der Waals surface area contributed by atoms with E-state index in [0.717, 1.165) is 5.56 Å². The second-order valence-electron chi connectivity index (χ2n) is 7.05. The number of methoxy groups -OCH3 is 1. The Balaban J connectivity index is 2.87. The van der Waals surface area contributed by atoms with Gasteiger partial charge < -0.3 is 25.2 Å². The molecule has 3 N–H and O–H groups in total. The highest BCUT2D eigenvalue weighted by Gasteiger charge is 2.48. The van der Waals surface area contributed by atoms with Crippen molar-refractivity contribution in [3.63, 3.8) is 0 Å². The van der Waals surface area contributed by atoms with Gasteiger partial charge in [0.15, 0.2) is 11.6 Å². The van der Waals surface area contributed by atoms with Gasteiger partial charge in [-0.2, -0.15) is 0 Å². The fourth-order valence-electron chi connectivity index (χ4n) is 2.24. The van der Waals surface area contributed by atoms with Gasteiger partial charge in [-0.1, -0.05) is 30.3 Å². The first kappa shape index (κ1) is 21.4. The zero-order valence-corrected chi connectivity index (χ0v) is 15.7.